The molecule has 0 bridgehead atoms. The van der Waals surface area contributed by atoms with Crippen molar-refractivity contribution in [3.05, 3.63) is 48.3 Å². The van der Waals surface area contributed by atoms with Crippen molar-refractivity contribution in [3.63, 3.8) is 0 Å². The van der Waals surface area contributed by atoms with Crippen molar-refractivity contribution in [2.75, 3.05) is 25.1 Å². The number of carbonyl (C=O) groups is 2. The third-order valence-electron chi connectivity index (χ3n) is 3.97. The summed E-state index contributed by atoms with van der Waals surface area (Å²) in [6, 6.07) is 9.00. The van der Waals surface area contributed by atoms with Crippen LogP contribution in [0.25, 0.3) is 0 Å². The van der Waals surface area contributed by atoms with Gasteiger partial charge in [0.05, 0.1) is 24.3 Å². The van der Waals surface area contributed by atoms with E-state index in [4.69, 9.17) is 14.6 Å². The molecule has 9 nitrogen and oxygen atoms in total. The van der Waals surface area contributed by atoms with Crippen LogP contribution in [-0.2, 0) is 14.3 Å². The monoisotopic (exact) mass is 372 g/mol. The average Bonchev–Trinajstić information content (AvgIpc) is 2.68. The Bertz CT molecular complexity index is 769. The second-order valence-electron chi connectivity index (χ2n) is 5.97. The van der Waals surface area contributed by atoms with Crippen LogP contribution < -0.4 is 10.6 Å². The van der Waals surface area contributed by atoms with Gasteiger partial charge in [-0.1, -0.05) is 18.2 Å². The molecule has 0 spiro atoms. The number of carboxylic acid groups (broad SMARTS) is 1. The molecule has 2 atom stereocenters. The van der Waals surface area contributed by atoms with Gasteiger partial charge in [0.15, 0.2) is 0 Å². The molecule has 27 heavy (non-hydrogen) atoms. The molecule has 2 heterocycles. The fraction of sp³-hybridized carbons (Fsp3) is 0.333. The lowest BCUT2D eigenvalue weighted by Gasteiger charge is -2.31. The van der Waals surface area contributed by atoms with Crippen molar-refractivity contribution in [1.82, 2.24) is 15.3 Å². The highest BCUT2D eigenvalue weighted by Gasteiger charge is 2.29. The number of nitrogens with one attached hydrogen (secondary N) is 2. The lowest BCUT2D eigenvalue weighted by Crippen LogP contribution is -2.51. The molecule has 9 heteroatoms. The number of ether oxygens (including phenoxy) is 2. The lowest BCUT2D eigenvalue weighted by molar-refractivity contribution is -0.147. The number of para-hydroxylation sites is 1. The van der Waals surface area contributed by atoms with E-state index in [1.807, 2.05) is 30.3 Å². The van der Waals surface area contributed by atoms with Crippen LogP contribution in [0.1, 0.15) is 16.8 Å². The number of amides is 1. The normalized spacial score (nSPS) is 19.3. The van der Waals surface area contributed by atoms with Gasteiger partial charge in [-0.2, -0.15) is 0 Å². The maximum absolute atomic E-state index is 12.4. The summed E-state index contributed by atoms with van der Waals surface area (Å²) < 4.78 is 10.7. The number of carbonyl (C=O) groups excluding carboxylic acids is 1. The molecule has 0 aliphatic carbocycles. The molecule has 1 fully saturated rings. The molecule has 3 N–H and O–H groups in total. The number of benzene rings is 1. The second kappa shape index (κ2) is 9.06. The fourth-order valence-electron chi connectivity index (χ4n) is 2.64. The predicted octanol–water partition coefficient (Wildman–Crippen LogP) is 1.21. The molecule has 142 valence electrons. The largest absolute Gasteiger partial charge is 0.480 e. The number of anilines is 2. The van der Waals surface area contributed by atoms with Gasteiger partial charge in [-0.15, -0.1) is 0 Å². The van der Waals surface area contributed by atoms with E-state index in [9.17, 15) is 9.59 Å². The Morgan fingerprint density at radius 2 is 1.96 bits per heavy atom. The molecule has 0 saturated carbocycles. The first-order valence-corrected chi connectivity index (χ1v) is 8.48. The van der Waals surface area contributed by atoms with E-state index >= 15 is 0 Å². The van der Waals surface area contributed by atoms with Crippen molar-refractivity contribution in [2.24, 2.45) is 0 Å². The molecule has 0 radical (unpaired) electrons. The second-order valence-corrected chi connectivity index (χ2v) is 5.97. The van der Waals surface area contributed by atoms with Crippen molar-refractivity contribution in [1.29, 1.82) is 0 Å². The van der Waals surface area contributed by atoms with Crippen LogP contribution in [0.5, 0.6) is 0 Å². The Morgan fingerprint density at radius 1 is 1.22 bits per heavy atom. The first-order valence-electron chi connectivity index (χ1n) is 8.48. The number of carboxylic acids is 1. The lowest BCUT2D eigenvalue weighted by atomic mass is 10.1. The van der Waals surface area contributed by atoms with E-state index in [0.29, 0.717) is 19.0 Å². The van der Waals surface area contributed by atoms with Crippen molar-refractivity contribution in [2.45, 2.75) is 18.6 Å². The number of aliphatic carboxylic acids is 1. The van der Waals surface area contributed by atoms with Crippen LogP contribution >= 0.6 is 0 Å². The van der Waals surface area contributed by atoms with Crippen LogP contribution in [0, 0.1) is 0 Å². The van der Waals surface area contributed by atoms with Gasteiger partial charge < -0.3 is 25.2 Å². The quantitative estimate of drug-likeness (QED) is 0.663. The van der Waals surface area contributed by atoms with Crippen molar-refractivity contribution < 1.29 is 24.2 Å². The van der Waals surface area contributed by atoms with Gasteiger partial charge in [0.2, 0.25) is 5.95 Å². The van der Waals surface area contributed by atoms with Gasteiger partial charge in [0, 0.05) is 24.7 Å². The molecule has 0 unspecified atom stereocenters. The summed E-state index contributed by atoms with van der Waals surface area (Å²) in [7, 11) is 0. The molecule has 1 aliphatic heterocycles. The minimum absolute atomic E-state index is 0.254. The van der Waals surface area contributed by atoms with E-state index in [-0.39, 0.29) is 18.1 Å². The first kappa shape index (κ1) is 18.7. The Kier molecular flexibility index (Phi) is 6.29. The highest BCUT2D eigenvalue weighted by Crippen LogP contribution is 2.14. The zero-order valence-electron chi connectivity index (χ0n) is 14.5. The van der Waals surface area contributed by atoms with Crippen molar-refractivity contribution in [3.8, 4) is 0 Å². The Balaban J connectivity index is 1.58. The van der Waals surface area contributed by atoms with Gasteiger partial charge in [-0.05, 0) is 18.6 Å². The number of hydrogen-bond donors (Lipinski definition) is 3. The molecule has 2 aromatic rings. The summed E-state index contributed by atoms with van der Waals surface area (Å²) in [6.07, 6.45) is 2.93. The van der Waals surface area contributed by atoms with Crippen LogP contribution in [0.15, 0.2) is 42.7 Å². The van der Waals surface area contributed by atoms with Crippen LogP contribution in [0.2, 0.25) is 0 Å². The smallest absolute Gasteiger partial charge is 0.329 e. The third kappa shape index (κ3) is 5.47. The third-order valence-corrected chi connectivity index (χ3v) is 3.97. The maximum atomic E-state index is 12.4. The minimum atomic E-state index is -1.05. The number of hydrogen-bond acceptors (Lipinski definition) is 7. The molecule has 1 aromatic heterocycles. The van der Waals surface area contributed by atoms with E-state index in [2.05, 4.69) is 20.6 Å². The number of aromatic nitrogens is 2. The summed E-state index contributed by atoms with van der Waals surface area (Å²) in [5.41, 5.74) is 1.13. The fourth-order valence-corrected chi connectivity index (χ4v) is 2.64. The highest BCUT2D eigenvalue weighted by molar-refractivity contribution is 5.94. The van der Waals surface area contributed by atoms with Gasteiger partial charge in [0.25, 0.3) is 5.91 Å². The predicted molar refractivity (Wildman–Crippen MR) is 95.8 cm³/mol. The van der Waals surface area contributed by atoms with Crippen LogP contribution in [-0.4, -0.2) is 58.9 Å². The number of rotatable bonds is 7. The SMILES string of the molecule is O=C(O)CO[C@@H]1CCOC[C@@H]1NC(=O)c1cnc(Nc2ccccc2)nc1. The number of nitrogens with zero attached hydrogens (tertiary/aromatic N) is 2. The van der Waals surface area contributed by atoms with Gasteiger partial charge in [-0.25, -0.2) is 14.8 Å². The molecular weight excluding hydrogens is 352 g/mol. The topological polar surface area (TPSA) is 123 Å². The summed E-state index contributed by atoms with van der Waals surface area (Å²) in [6.45, 7) is 0.296. The molecule has 3 rings (SSSR count). The molecular formula is C18H20N4O5. The first-order chi connectivity index (χ1) is 13.1. The van der Waals surface area contributed by atoms with E-state index < -0.39 is 24.7 Å². The zero-order valence-corrected chi connectivity index (χ0v) is 14.5. The Morgan fingerprint density at radius 3 is 2.67 bits per heavy atom. The van der Waals surface area contributed by atoms with E-state index in [0.717, 1.165) is 5.69 Å². The summed E-state index contributed by atoms with van der Waals surface area (Å²) in [5, 5.41) is 14.6. The average molecular weight is 372 g/mol. The van der Waals surface area contributed by atoms with E-state index in [1.54, 1.807) is 0 Å². The zero-order chi connectivity index (χ0) is 19.1. The summed E-state index contributed by atoms with van der Waals surface area (Å²) in [5.74, 6) is -1.05. The van der Waals surface area contributed by atoms with Gasteiger partial charge in [0.1, 0.15) is 6.61 Å². The molecule has 1 amide bonds. The van der Waals surface area contributed by atoms with Gasteiger partial charge >= 0.3 is 5.97 Å². The standard InChI is InChI=1S/C18H20N4O5/c23-16(24)11-27-15-6-7-26-10-14(15)22-17(25)12-8-19-18(20-9-12)21-13-4-2-1-3-5-13/h1-5,8-9,14-15H,6-7,10-11H2,(H,22,25)(H,23,24)(H,19,20,21)/t14-,15+/m0/s1. The summed E-state index contributed by atoms with van der Waals surface area (Å²) >= 11 is 0. The molecule has 1 aliphatic rings. The maximum Gasteiger partial charge on any atom is 0.329 e. The minimum Gasteiger partial charge on any atom is -0.480 e. The molecule has 1 saturated heterocycles. The van der Waals surface area contributed by atoms with Crippen LogP contribution in [0.3, 0.4) is 0 Å². The Labute approximate surface area is 155 Å². The van der Waals surface area contributed by atoms with Crippen LogP contribution in [0.4, 0.5) is 11.6 Å². The van der Waals surface area contributed by atoms with Gasteiger partial charge in [-0.3, -0.25) is 4.79 Å². The summed E-state index contributed by atoms with van der Waals surface area (Å²) in [4.78, 5) is 31.4. The van der Waals surface area contributed by atoms with Crippen molar-refractivity contribution >= 4 is 23.5 Å². The highest BCUT2D eigenvalue weighted by atomic mass is 16.5. The van der Waals surface area contributed by atoms with E-state index in [1.165, 1.54) is 12.4 Å². The Hall–Kier alpha value is -3.04. The molecule has 1 aromatic carbocycles.